The lowest BCUT2D eigenvalue weighted by Crippen LogP contribution is -2.44. The first-order valence-electron chi connectivity index (χ1n) is 8.15. The Balaban J connectivity index is 0.00000196. The SMILES string of the molecule is CN1CCNCC1c1noc(-c2ccccc2SCc2cscn2)n1.Cl. The Kier molecular flexibility index (Phi) is 6.66. The first-order valence-corrected chi connectivity index (χ1v) is 10.1. The van der Waals surface area contributed by atoms with Crippen LogP contribution in [0.25, 0.3) is 11.5 Å². The second-order valence-electron chi connectivity index (χ2n) is 5.92. The van der Waals surface area contributed by atoms with Gasteiger partial charge in [0.1, 0.15) is 0 Å². The lowest BCUT2D eigenvalue weighted by atomic mass is 10.2. The summed E-state index contributed by atoms with van der Waals surface area (Å²) in [7, 11) is 2.10. The van der Waals surface area contributed by atoms with Gasteiger partial charge in [0.25, 0.3) is 5.89 Å². The summed E-state index contributed by atoms with van der Waals surface area (Å²) in [4.78, 5) is 12.4. The maximum absolute atomic E-state index is 5.59. The molecule has 6 nitrogen and oxygen atoms in total. The van der Waals surface area contributed by atoms with Gasteiger partial charge in [-0.15, -0.1) is 35.5 Å². The monoisotopic (exact) mass is 409 g/mol. The van der Waals surface area contributed by atoms with Crippen LogP contribution in [0.4, 0.5) is 0 Å². The smallest absolute Gasteiger partial charge is 0.259 e. The summed E-state index contributed by atoms with van der Waals surface area (Å²) in [6, 6.07) is 8.30. The van der Waals surface area contributed by atoms with Gasteiger partial charge in [0, 0.05) is 35.7 Å². The molecule has 1 unspecified atom stereocenters. The van der Waals surface area contributed by atoms with Gasteiger partial charge in [-0.25, -0.2) is 4.98 Å². The Labute approximate surface area is 166 Å². The van der Waals surface area contributed by atoms with Gasteiger partial charge in [0.15, 0.2) is 5.82 Å². The molecule has 9 heteroatoms. The van der Waals surface area contributed by atoms with Gasteiger partial charge in [-0.2, -0.15) is 4.98 Å². The summed E-state index contributed by atoms with van der Waals surface area (Å²) >= 11 is 3.36. The number of piperazine rings is 1. The molecule has 138 valence electrons. The number of nitrogens with zero attached hydrogens (tertiary/aromatic N) is 4. The molecular formula is C17H20ClN5OS2. The molecule has 4 rings (SSSR count). The molecule has 0 bridgehead atoms. The van der Waals surface area contributed by atoms with Gasteiger partial charge < -0.3 is 9.84 Å². The van der Waals surface area contributed by atoms with E-state index in [4.69, 9.17) is 4.52 Å². The standard InChI is InChI=1S/C17H19N5OS2.ClH/c1-22-7-6-18-8-14(22)16-20-17(23-21-16)13-4-2-3-5-15(13)25-10-12-9-24-11-19-12;/h2-5,9,11,14,18H,6-8,10H2,1H3;1H. The molecule has 3 aromatic rings. The minimum absolute atomic E-state index is 0. The number of aromatic nitrogens is 3. The number of hydrogen-bond acceptors (Lipinski definition) is 8. The third-order valence-corrected chi connectivity index (χ3v) is 5.97. The van der Waals surface area contributed by atoms with Gasteiger partial charge in [-0.05, 0) is 19.2 Å². The number of likely N-dealkylation sites (N-methyl/N-ethyl adjacent to an activating group) is 1. The molecule has 1 aromatic carbocycles. The number of nitrogens with one attached hydrogen (secondary N) is 1. The second-order valence-corrected chi connectivity index (χ2v) is 7.66. The van der Waals surface area contributed by atoms with E-state index in [1.54, 1.807) is 23.1 Å². The number of benzene rings is 1. The fourth-order valence-corrected chi connectivity index (χ4v) is 4.41. The summed E-state index contributed by atoms with van der Waals surface area (Å²) in [6.45, 7) is 2.82. The van der Waals surface area contributed by atoms with Crippen molar-refractivity contribution in [1.82, 2.24) is 25.3 Å². The van der Waals surface area contributed by atoms with Crippen molar-refractivity contribution in [2.75, 3.05) is 26.7 Å². The minimum atomic E-state index is 0. The van der Waals surface area contributed by atoms with E-state index in [9.17, 15) is 0 Å². The zero-order chi connectivity index (χ0) is 17.1. The van der Waals surface area contributed by atoms with Crippen LogP contribution in [0.5, 0.6) is 0 Å². The summed E-state index contributed by atoms with van der Waals surface area (Å²) in [5.74, 6) is 2.15. The molecule has 0 radical (unpaired) electrons. The van der Waals surface area contributed by atoms with Crippen molar-refractivity contribution in [2.45, 2.75) is 16.7 Å². The average molecular weight is 410 g/mol. The summed E-state index contributed by atoms with van der Waals surface area (Å²) in [6.07, 6.45) is 0. The highest BCUT2D eigenvalue weighted by Crippen LogP contribution is 2.33. The van der Waals surface area contributed by atoms with E-state index in [2.05, 4.69) is 43.8 Å². The van der Waals surface area contributed by atoms with Crippen LogP contribution in [-0.4, -0.2) is 46.7 Å². The van der Waals surface area contributed by atoms with Gasteiger partial charge in [0.05, 0.1) is 22.8 Å². The topological polar surface area (TPSA) is 67.1 Å². The Hall–Kier alpha value is -1.45. The normalized spacial score (nSPS) is 17.8. The third-order valence-electron chi connectivity index (χ3n) is 4.23. The fourth-order valence-electron chi connectivity index (χ4n) is 2.80. The second kappa shape index (κ2) is 8.96. The molecule has 1 aliphatic heterocycles. The van der Waals surface area contributed by atoms with Crippen LogP contribution in [0, 0.1) is 0 Å². The van der Waals surface area contributed by atoms with Crippen LogP contribution in [0.3, 0.4) is 0 Å². The molecule has 2 aromatic heterocycles. The molecule has 1 atom stereocenters. The summed E-state index contributed by atoms with van der Waals surface area (Å²) in [5, 5.41) is 9.69. The van der Waals surface area contributed by atoms with E-state index < -0.39 is 0 Å². The maximum Gasteiger partial charge on any atom is 0.259 e. The zero-order valence-electron chi connectivity index (χ0n) is 14.3. The molecule has 0 spiro atoms. The van der Waals surface area contributed by atoms with Gasteiger partial charge >= 0.3 is 0 Å². The van der Waals surface area contributed by atoms with Crippen molar-refractivity contribution in [3.63, 3.8) is 0 Å². The quantitative estimate of drug-likeness (QED) is 0.647. The highest BCUT2D eigenvalue weighted by atomic mass is 35.5. The maximum atomic E-state index is 5.59. The molecule has 1 N–H and O–H groups in total. The number of halogens is 1. The highest BCUT2D eigenvalue weighted by Gasteiger charge is 2.26. The predicted octanol–water partition coefficient (Wildman–Crippen LogP) is 3.48. The van der Waals surface area contributed by atoms with E-state index in [1.165, 1.54) is 0 Å². The van der Waals surface area contributed by atoms with Gasteiger partial charge in [-0.1, -0.05) is 17.3 Å². The van der Waals surface area contributed by atoms with Crippen molar-refractivity contribution in [3.8, 4) is 11.5 Å². The van der Waals surface area contributed by atoms with Crippen molar-refractivity contribution >= 4 is 35.5 Å². The van der Waals surface area contributed by atoms with E-state index >= 15 is 0 Å². The Bertz CT molecular complexity index is 826. The number of thioether (sulfide) groups is 1. The van der Waals surface area contributed by atoms with Crippen molar-refractivity contribution < 1.29 is 4.52 Å². The molecule has 0 amide bonds. The zero-order valence-corrected chi connectivity index (χ0v) is 16.7. The lowest BCUT2D eigenvalue weighted by Gasteiger charge is -2.30. The van der Waals surface area contributed by atoms with Crippen LogP contribution < -0.4 is 5.32 Å². The van der Waals surface area contributed by atoms with Crippen molar-refractivity contribution in [3.05, 3.63) is 46.7 Å². The first kappa shape index (κ1) is 19.3. The van der Waals surface area contributed by atoms with Crippen LogP contribution in [0.2, 0.25) is 0 Å². The number of rotatable bonds is 5. The molecule has 26 heavy (non-hydrogen) atoms. The summed E-state index contributed by atoms with van der Waals surface area (Å²) in [5.41, 5.74) is 3.93. The first-order chi connectivity index (χ1) is 12.3. The van der Waals surface area contributed by atoms with Gasteiger partial charge in [-0.3, -0.25) is 4.90 Å². The van der Waals surface area contributed by atoms with E-state index in [1.807, 2.05) is 23.7 Å². The number of thiazole rings is 1. The van der Waals surface area contributed by atoms with E-state index in [-0.39, 0.29) is 18.4 Å². The molecule has 0 saturated carbocycles. The van der Waals surface area contributed by atoms with Crippen molar-refractivity contribution in [1.29, 1.82) is 0 Å². The third kappa shape index (κ3) is 4.27. The molecule has 0 aliphatic carbocycles. The van der Waals surface area contributed by atoms with Crippen molar-refractivity contribution in [2.24, 2.45) is 0 Å². The molecular weight excluding hydrogens is 390 g/mol. The van der Waals surface area contributed by atoms with Gasteiger partial charge in [0.2, 0.25) is 0 Å². The minimum Gasteiger partial charge on any atom is -0.334 e. The highest BCUT2D eigenvalue weighted by molar-refractivity contribution is 7.98. The fraction of sp³-hybridized carbons (Fsp3) is 0.353. The Morgan fingerprint density at radius 1 is 1.38 bits per heavy atom. The molecule has 3 heterocycles. The van der Waals surface area contributed by atoms with Crippen LogP contribution in [0.15, 0.2) is 44.6 Å². The predicted molar refractivity (Wildman–Crippen MR) is 107 cm³/mol. The van der Waals surface area contributed by atoms with Crippen LogP contribution in [0.1, 0.15) is 17.6 Å². The average Bonchev–Trinajstić information content (AvgIpc) is 3.33. The Morgan fingerprint density at radius 2 is 2.27 bits per heavy atom. The molecule has 1 fully saturated rings. The largest absolute Gasteiger partial charge is 0.334 e. The lowest BCUT2D eigenvalue weighted by molar-refractivity contribution is 0.190. The molecule has 1 aliphatic rings. The van der Waals surface area contributed by atoms with Crippen LogP contribution >= 0.6 is 35.5 Å². The van der Waals surface area contributed by atoms with E-state index in [0.29, 0.717) is 5.89 Å². The van der Waals surface area contributed by atoms with E-state index in [0.717, 1.165) is 47.4 Å². The Morgan fingerprint density at radius 3 is 3.08 bits per heavy atom. The van der Waals surface area contributed by atoms with Crippen LogP contribution in [-0.2, 0) is 5.75 Å². The summed E-state index contributed by atoms with van der Waals surface area (Å²) < 4.78 is 5.59. The number of hydrogen-bond donors (Lipinski definition) is 1. The molecule has 1 saturated heterocycles.